The molecule has 5 aliphatic rings. The normalized spacial score (nSPS) is 42.6. The number of fused-ring (bicyclic) bond motifs is 7. The van der Waals surface area contributed by atoms with Crippen molar-refractivity contribution in [1.82, 2.24) is 0 Å². The number of allylic oxidation sites excluding steroid dienone is 1. The van der Waals surface area contributed by atoms with Crippen LogP contribution in [-0.2, 0) is 19.1 Å². The number of aliphatic carboxylic acids is 1. The number of rotatable bonds is 8. The van der Waals surface area contributed by atoms with E-state index in [0.717, 1.165) is 38.5 Å². The van der Waals surface area contributed by atoms with Crippen LogP contribution in [0.4, 0.5) is 0 Å². The van der Waals surface area contributed by atoms with Crippen molar-refractivity contribution in [2.24, 2.45) is 67.8 Å². The minimum atomic E-state index is -0.884. The topological polar surface area (TPSA) is 107 Å². The van der Waals surface area contributed by atoms with Gasteiger partial charge in [0, 0.05) is 11.8 Å². The van der Waals surface area contributed by atoms with Crippen molar-refractivity contribution in [3.05, 3.63) is 12.2 Å². The molecule has 0 aromatic heterocycles. The zero-order valence-electron chi connectivity index (χ0n) is 31.0. The predicted octanol–water partition coefficient (Wildman–Crippen LogP) is 9.35. The summed E-state index contributed by atoms with van der Waals surface area (Å²) in [5.74, 6) is 1.33. The van der Waals surface area contributed by atoms with Crippen molar-refractivity contribution in [3.63, 3.8) is 0 Å². The molecule has 0 aromatic rings. The minimum absolute atomic E-state index is 0.0346. The molecule has 5 fully saturated rings. The number of hydrogen-bond donors (Lipinski definition) is 2. The van der Waals surface area contributed by atoms with E-state index in [9.17, 15) is 19.5 Å². The summed E-state index contributed by atoms with van der Waals surface area (Å²) in [6, 6.07) is 0. The first-order chi connectivity index (χ1) is 21.2. The van der Waals surface area contributed by atoms with E-state index in [1.54, 1.807) is 0 Å². The van der Waals surface area contributed by atoms with Crippen molar-refractivity contribution >= 4 is 17.8 Å². The lowest BCUT2D eigenvalue weighted by atomic mass is 9.32. The maximum Gasteiger partial charge on any atom is 0.306 e. The molecule has 4 unspecified atom stereocenters. The third-order valence-electron chi connectivity index (χ3n) is 15.2. The molecule has 0 aliphatic heterocycles. The Bertz CT molecular complexity index is 1210. The maximum atomic E-state index is 13.1. The molecule has 0 heterocycles. The second-order valence-corrected chi connectivity index (χ2v) is 18.4. The van der Waals surface area contributed by atoms with Crippen LogP contribution in [0.2, 0.25) is 0 Å². The molecule has 262 valence electrons. The van der Waals surface area contributed by atoms with Crippen molar-refractivity contribution in [2.75, 3.05) is 0 Å². The van der Waals surface area contributed by atoms with Crippen LogP contribution < -0.4 is 5.73 Å². The number of carboxylic acid groups (broad SMARTS) is 1. The summed E-state index contributed by atoms with van der Waals surface area (Å²) >= 11 is 0. The molecule has 10 atom stereocenters. The van der Waals surface area contributed by atoms with Crippen LogP contribution in [0.15, 0.2) is 12.2 Å². The molecule has 5 rings (SSSR count). The van der Waals surface area contributed by atoms with Crippen LogP contribution in [0.3, 0.4) is 0 Å². The number of ether oxygens (including phenoxy) is 1. The van der Waals surface area contributed by atoms with Crippen LogP contribution in [0, 0.1) is 62.1 Å². The zero-order chi connectivity index (χ0) is 34.7. The van der Waals surface area contributed by atoms with Crippen molar-refractivity contribution in [3.8, 4) is 0 Å². The summed E-state index contributed by atoms with van der Waals surface area (Å²) in [4.78, 5) is 36.9. The van der Waals surface area contributed by atoms with Crippen LogP contribution >= 0.6 is 0 Å². The second-order valence-electron chi connectivity index (χ2n) is 18.4. The Morgan fingerprint density at radius 2 is 1.50 bits per heavy atom. The van der Waals surface area contributed by atoms with Gasteiger partial charge in [0.05, 0.1) is 12.8 Å². The van der Waals surface area contributed by atoms with Gasteiger partial charge in [0.2, 0.25) is 5.91 Å². The molecule has 0 bridgehead atoms. The Hall–Kier alpha value is -1.85. The number of esters is 1. The van der Waals surface area contributed by atoms with Gasteiger partial charge in [0.25, 0.3) is 0 Å². The molecule has 0 spiro atoms. The van der Waals surface area contributed by atoms with Gasteiger partial charge in [-0.3, -0.25) is 14.4 Å². The van der Waals surface area contributed by atoms with Gasteiger partial charge in [-0.2, -0.15) is 0 Å². The summed E-state index contributed by atoms with van der Waals surface area (Å²) in [6.07, 6.45) is 11.6. The smallest absolute Gasteiger partial charge is 0.306 e. The summed E-state index contributed by atoms with van der Waals surface area (Å²) < 4.78 is 6.23. The number of carbonyl (C=O) groups is 3. The molecule has 5 saturated carbocycles. The van der Waals surface area contributed by atoms with Crippen LogP contribution in [0.5, 0.6) is 0 Å². The standard InChI is InChI=1S/C38H61NO5.C2H6/c1-23(2)24-12-17-38(20-29(39)40)19-18-36(8)25(32(24)38)10-11-27-35(7)15-14-28(34(5,6)26(35)13-16-37(27,36)9)44-31(43)22-33(3,4)21-30(41)42;1-2/h24-28,32H,1,10-22H2,2-9H3,(H2,39,40)(H,41,42);1-2H3/t24-,25+,26?,27?,28?,32?,35-,36+,37+,38+;/m0./s1. The van der Waals surface area contributed by atoms with Gasteiger partial charge in [-0.25, -0.2) is 0 Å². The monoisotopic (exact) mass is 642 g/mol. The summed E-state index contributed by atoms with van der Waals surface area (Å²) in [5, 5.41) is 9.28. The fourth-order valence-electron chi connectivity index (χ4n) is 13.2. The van der Waals surface area contributed by atoms with Crippen molar-refractivity contribution in [1.29, 1.82) is 0 Å². The highest BCUT2D eigenvalue weighted by Crippen LogP contribution is 2.78. The zero-order valence-corrected chi connectivity index (χ0v) is 31.0. The number of nitrogens with two attached hydrogens (primary N) is 1. The predicted molar refractivity (Wildman–Crippen MR) is 185 cm³/mol. The van der Waals surface area contributed by atoms with Gasteiger partial charge in [0.1, 0.15) is 6.10 Å². The van der Waals surface area contributed by atoms with Crippen LogP contribution in [0.1, 0.15) is 153 Å². The highest BCUT2D eigenvalue weighted by Gasteiger charge is 2.71. The highest BCUT2D eigenvalue weighted by molar-refractivity contribution is 5.75. The lowest BCUT2D eigenvalue weighted by Crippen LogP contribution is -2.67. The largest absolute Gasteiger partial charge is 0.481 e. The quantitative estimate of drug-likeness (QED) is 0.203. The number of carbonyl (C=O) groups excluding carboxylic acids is 2. The van der Waals surface area contributed by atoms with Gasteiger partial charge >= 0.3 is 11.9 Å². The summed E-state index contributed by atoms with van der Waals surface area (Å²) in [5.41, 5.74) is 7.04. The van der Waals surface area contributed by atoms with E-state index in [1.807, 2.05) is 27.7 Å². The number of hydrogen-bond acceptors (Lipinski definition) is 4. The third kappa shape index (κ3) is 5.88. The first-order valence-electron chi connectivity index (χ1n) is 18.6. The number of amides is 1. The van der Waals surface area contributed by atoms with Gasteiger partial charge in [-0.15, -0.1) is 0 Å². The lowest BCUT2D eigenvalue weighted by Gasteiger charge is -2.73. The maximum absolute atomic E-state index is 13.1. The molecule has 0 saturated heterocycles. The van der Waals surface area contributed by atoms with Gasteiger partial charge in [-0.1, -0.05) is 74.5 Å². The van der Waals surface area contributed by atoms with E-state index >= 15 is 0 Å². The molecule has 1 amide bonds. The second kappa shape index (κ2) is 12.6. The van der Waals surface area contributed by atoms with Gasteiger partial charge in [-0.05, 0) is 128 Å². The van der Waals surface area contributed by atoms with E-state index in [1.165, 1.54) is 31.3 Å². The van der Waals surface area contributed by atoms with E-state index in [2.05, 4.69) is 48.1 Å². The van der Waals surface area contributed by atoms with Crippen LogP contribution in [-0.4, -0.2) is 29.1 Å². The Labute approximate surface area is 280 Å². The van der Waals surface area contributed by atoms with Gasteiger partial charge in [0.15, 0.2) is 0 Å². The van der Waals surface area contributed by atoms with E-state index in [4.69, 9.17) is 10.5 Å². The number of carboxylic acids is 1. The fraction of sp³-hybridized carbons (Fsp3) is 0.875. The molecule has 6 heteroatoms. The minimum Gasteiger partial charge on any atom is -0.481 e. The summed E-state index contributed by atoms with van der Waals surface area (Å²) in [6.45, 7) is 26.8. The van der Waals surface area contributed by atoms with E-state index in [0.29, 0.717) is 36.0 Å². The van der Waals surface area contributed by atoms with E-state index < -0.39 is 11.4 Å². The average molecular weight is 642 g/mol. The molecule has 5 aliphatic carbocycles. The van der Waals surface area contributed by atoms with Crippen molar-refractivity contribution in [2.45, 2.75) is 159 Å². The molecule has 46 heavy (non-hydrogen) atoms. The Balaban J connectivity index is 0.00000235. The fourth-order valence-corrected chi connectivity index (χ4v) is 13.2. The molecule has 0 radical (unpaired) electrons. The first kappa shape index (κ1) is 37.0. The molecule has 0 aromatic carbocycles. The Morgan fingerprint density at radius 3 is 2.09 bits per heavy atom. The SMILES string of the molecule is C=C(C)[C@@H]1CC[C@]2(CC(N)=O)CC[C@]3(C)[C@H](CCC4[C@@]5(C)CCC(OC(=O)CC(C)(C)CC(=O)O)C(C)(C)C5CC[C@]43C)C12.CC. The lowest BCUT2D eigenvalue weighted by molar-refractivity contribution is -0.250. The van der Waals surface area contributed by atoms with Gasteiger partial charge < -0.3 is 15.6 Å². The first-order valence-corrected chi connectivity index (χ1v) is 18.6. The molecular formula is C40H67NO5. The van der Waals surface area contributed by atoms with Crippen LogP contribution in [0.25, 0.3) is 0 Å². The average Bonchev–Trinajstić information content (AvgIpc) is 3.30. The highest BCUT2D eigenvalue weighted by atomic mass is 16.5. The third-order valence-corrected chi connectivity index (χ3v) is 15.2. The molecular weight excluding hydrogens is 574 g/mol. The molecule has 6 nitrogen and oxygen atoms in total. The molecule has 3 N–H and O–H groups in total. The Morgan fingerprint density at radius 1 is 0.848 bits per heavy atom. The Kier molecular flexibility index (Phi) is 10.1. The van der Waals surface area contributed by atoms with E-state index in [-0.39, 0.29) is 57.9 Å². The summed E-state index contributed by atoms with van der Waals surface area (Å²) in [7, 11) is 0. The number of primary amides is 1. The van der Waals surface area contributed by atoms with Crippen molar-refractivity contribution < 1.29 is 24.2 Å².